The lowest BCUT2D eigenvalue weighted by atomic mass is 10.1. The smallest absolute Gasteiger partial charge is 0.203 e. The van der Waals surface area contributed by atoms with Crippen LogP contribution in [0, 0.1) is 0 Å². The van der Waals surface area contributed by atoms with Gasteiger partial charge in [-0.15, -0.1) is 0 Å². The molecule has 0 aromatic heterocycles. The van der Waals surface area contributed by atoms with Gasteiger partial charge in [-0.1, -0.05) is 42.5 Å². The third-order valence-electron chi connectivity index (χ3n) is 4.80. The fourth-order valence-electron chi connectivity index (χ4n) is 3.14. The molecule has 0 amide bonds. The highest BCUT2D eigenvalue weighted by atomic mass is 16.5. The van der Waals surface area contributed by atoms with Gasteiger partial charge in [0.2, 0.25) is 5.75 Å². The van der Waals surface area contributed by atoms with Crippen molar-refractivity contribution in [3.63, 3.8) is 0 Å². The summed E-state index contributed by atoms with van der Waals surface area (Å²) in [7, 11) is 6.13. The number of benzene rings is 3. The highest BCUT2D eigenvalue weighted by Crippen LogP contribution is 2.38. The predicted molar refractivity (Wildman–Crippen MR) is 123 cm³/mol. The van der Waals surface area contributed by atoms with Crippen LogP contribution in [-0.2, 0) is 6.61 Å². The monoisotopic (exact) mass is 434 g/mol. The molecule has 32 heavy (non-hydrogen) atoms. The molecule has 3 rings (SSSR count). The number of hydrogen-bond donors (Lipinski definition) is 0. The molecule has 0 saturated heterocycles. The van der Waals surface area contributed by atoms with Crippen molar-refractivity contribution < 1.29 is 28.5 Å². The van der Waals surface area contributed by atoms with Crippen LogP contribution in [0.5, 0.6) is 28.7 Å². The zero-order valence-corrected chi connectivity index (χ0v) is 18.6. The Morgan fingerprint density at radius 1 is 0.750 bits per heavy atom. The standard InChI is InChI=1S/C26H26O6/c1-28-22-13-11-18(14-23(22)32-17-19-8-6-5-7-9-19)10-12-21(27)20-15-24(29-2)26(31-4)25(16-20)30-3/h5-16H,17H2,1-4H3/b12-10+. The van der Waals surface area contributed by atoms with Gasteiger partial charge in [-0.3, -0.25) is 4.79 Å². The molecule has 0 aliphatic heterocycles. The fraction of sp³-hybridized carbons (Fsp3) is 0.192. The van der Waals surface area contributed by atoms with Crippen LogP contribution in [0.1, 0.15) is 21.5 Å². The SMILES string of the molecule is COc1ccc(/C=C/C(=O)c2cc(OC)c(OC)c(OC)c2)cc1OCc1ccccc1. The van der Waals surface area contributed by atoms with Crippen molar-refractivity contribution in [3.05, 3.63) is 83.4 Å². The summed E-state index contributed by atoms with van der Waals surface area (Å²) in [6.45, 7) is 0.411. The van der Waals surface area contributed by atoms with Crippen molar-refractivity contribution in [3.8, 4) is 28.7 Å². The largest absolute Gasteiger partial charge is 0.493 e. The molecule has 0 aliphatic rings. The average Bonchev–Trinajstić information content (AvgIpc) is 2.85. The molecule has 0 radical (unpaired) electrons. The number of rotatable bonds is 10. The number of ether oxygens (including phenoxy) is 5. The minimum absolute atomic E-state index is 0.202. The highest BCUT2D eigenvalue weighted by Gasteiger charge is 2.16. The van der Waals surface area contributed by atoms with Crippen LogP contribution < -0.4 is 23.7 Å². The quantitative estimate of drug-likeness (QED) is 0.323. The Balaban J connectivity index is 1.80. The van der Waals surface area contributed by atoms with E-state index in [0.29, 0.717) is 40.9 Å². The summed E-state index contributed by atoms with van der Waals surface area (Å²) >= 11 is 0. The molecule has 0 fully saturated rings. The lowest BCUT2D eigenvalue weighted by Gasteiger charge is -2.13. The van der Waals surface area contributed by atoms with Gasteiger partial charge in [-0.05, 0) is 41.5 Å². The molecule has 6 heteroatoms. The van der Waals surface area contributed by atoms with Gasteiger partial charge >= 0.3 is 0 Å². The van der Waals surface area contributed by atoms with Crippen LogP contribution in [0.2, 0.25) is 0 Å². The number of ketones is 1. The summed E-state index contributed by atoms with van der Waals surface area (Å²) in [4.78, 5) is 12.8. The Kier molecular flexibility index (Phi) is 7.75. The van der Waals surface area contributed by atoms with E-state index < -0.39 is 0 Å². The average molecular weight is 434 g/mol. The van der Waals surface area contributed by atoms with E-state index in [-0.39, 0.29) is 5.78 Å². The number of hydrogen-bond acceptors (Lipinski definition) is 6. The molecule has 0 aliphatic carbocycles. The summed E-state index contributed by atoms with van der Waals surface area (Å²) in [5.41, 5.74) is 2.27. The van der Waals surface area contributed by atoms with Gasteiger partial charge in [-0.25, -0.2) is 0 Å². The maximum Gasteiger partial charge on any atom is 0.203 e. The van der Waals surface area contributed by atoms with Gasteiger partial charge in [-0.2, -0.15) is 0 Å². The Labute approximate surface area is 188 Å². The van der Waals surface area contributed by atoms with E-state index in [2.05, 4.69) is 0 Å². The summed E-state index contributed by atoms with van der Waals surface area (Å²) in [6, 6.07) is 18.6. The third-order valence-corrected chi connectivity index (χ3v) is 4.80. The third kappa shape index (κ3) is 5.40. The molecule has 166 valence electrons. The topological polar surface area (TPSA) is 63.2 Å². The summed E-state index contributed by atoms with van der Waals surface area (Å²) < 4.78 is 27.3. The second-order valence-corrected chi connectivity index (χ2v) is 6.80. The van der Waals surface area contributed by atoms with Crippen LogP contribution in [0.15, 0.2) is 66.7 Å². The Bertz CT molecular complexity index is 1060. The summed E-state index contributed by atoms with van der Waals surface area (Å²) in [5.74, 6) is 2.29. The maximum absolute atomic E-state index is 12.8. The van der Waals surface area contributed by atoms with E-state index in [1.807, 2.05) is 48.5 Å². The molecule has 0 N–H and O–H groups in total. The van der Waals surface area contributed by atoms with Crippen molar-refractivity contribution in [2.45, 2.75) is 6.61 Å². The summed E-state index contributed by atoms with van der Waals surface area (Å²) in [5, 5.41) is 0. The molecule has 0 atom stereocenters. The van der Waals surface area contributed by atoms with Gasteiger partial charge in [0.25, 0.3) is 0 Å². The number of methoxy groups -OCH3 is 4. The second-order valence-electron chi connectivity index (χ2n) is 6.80. The van der Waals surface area contributed by atoms with Gasteiger partial charge in [0, 0.05) is 5.56 Å². The van der Waals surface area contributed by atoms with Crippen molar-refractivity contribution in [1.29, 1.82) is 0 Å². The molecular formula is C26H26O6. The lowest BCUT2D eigenvalue weighted by Crippen LogP contribution is -2.00. The molecule has 3 aromatic carbocycles. The van der Waals surface area contributed by atoms with Crippen molar-refractivity contribution in [2.24, 2.45) is 0 Å². The van der Waals surface area contributed by atoms with E-state index in [1.165, 1.54) is 27.4 Å². The number of carbonyl (C=O) groups excluding carboxylic acids is 1. The lowest BCUT2D eigenvalue weighted by molar-refractivity contribution is 0.104. The van der Waals surface area contributed by atoms with Gasteiger partial charge in [0.05, 0.1) is 28.4 Å². The maximum atomic E-state index is 12.8. The molecule has 0 heterocycles. The minimum atomic E-state index is -0.202. The number of allylic oxidation sites excluding steroid dienone is 1. The van der Waals surface area contributed by atoms with Crippen molar-refractivity contribution in [2.75, 3.05) is 28.4 Å². The normalized spacial score (nSPS) is 10.6. The first-order valence-corrected chi connectivity index (χ1v) is 9.96. The Morgan fingerprint density at radius 2 is 1.41 bits per heavy atom. The zero-order chi connectivity index (χ0) is 22.9. The minimum Gasteiger partial charge on any atom is -0.493 e. The molecule has 0 spiro atoms. The Morgan fingerprint density at radius 3 is 2.00 bits per heavy atom. The number of carbonyl (C=O) groups is 1. The van der Waals surface area contributed by atoms with Crippen molar-refractivity contribution >= 4 is 11.9 Å². The van der Waals surface area contributed by atoms with E-state index in [9.17, 15) is 4.79 Å². The molecule has 3 aromatic rings. The molecule has 0 bridgehead atoms. The van der Waals surface area contributed by atoms with E-state index in [0.717, 1.165) is 11.1 Å². The van der Waals surface area contributed by atoms with Crippen LogP contribution in [-0.4, -0.2) is 34.2 Å². The van der Waals surface area contributed by atoms with Crippen LogP contribution in [0.4, 0.5) is 0 Å². The fourth-order valence-corrected chi connectivity index (χ4v) is 3.14. The molecular weight excluding hydrogens is 408 g/mol. The predicted octanol–water partition coefficient (Wildman–Crippen LogP) is 5.20. The van der Waals surface area contributed by atoms with Crippen LogP contribution >= 0.6 is 0 Å². The van der Waals surface area contributed by atoms with E-state index in [4.69, 9.17) is 23.7 Å². The van der Waals surface area contributed by atoms with Crippen LogP contribution in [0.3, 0.4) is 0 Å². The first kappa shape index (κ1) is 22.7. The first-order chi connectivity index (χ1) is 15.6. The first-order valence-electron chi connectivity index (χ1n) is 9.96. The summed E-state index contributed by atoms with van der Waals surface area (Å²) in [6.07, 6.45) is 3.21. The van der Waals surface area contributed by atoms with Gasteiger partial charge < -0.3 is 23.7 Å². The Hall–Kier alpha value is -3.93. The zero-order valence-electron chi connectivity index (χ0n) is 18.6. The second kappa shape index (κ2) is 10.9. The van der Waals surface area contributed by atoms with Crippen molar-refractivity contribution in [1.82, 2.24) is 0 Å². The van der Waals surface area contributed by atoms with Gasteiger partial charge in [0.15, 0.2) is 28.8 Å². The molecule has 6 nitrogen and oxygen atoms in total. The molecule has 0 unspecified atom stereocenters. The highest BCUT2D eigenvalue weighted by molar-refractivity contribution is 6.07. The van der Waals surface area contributed by atoms with E-state index in [1.54, 1.807) is 25.3 Å². The van der Waals surface area contributed by atoms with Crippen LogP contribution in [0.25, 0.3) is 6.08 Å². The van der Waals surface area contributed by atoms with E-state index >= 15 is 0 Å². The van der Waals surface area contributed by atoms with Gasteiger partial charge in [0.1, 0.15) is 6.61 Å². The molecule has 0 saturated carbocycles.